The molecule has 0 spiro atoms. The summed E-state index contributed by atoms with van der Waals surface area (Å²) in [6.07, 6.45) is 1.71. The summed E-state index contributed by atoms with van der Waals surface area (Å²) in [6, 6.07) is 5.99. The molecule has 0 aliphatic heterocycles. The number of nitrogens with zero attached hydrogens (tertiary/aromatic N) is 2. The molecule has 0 radical (unpaired) electrons. The lowest BCUT2D eigenvalue weighted by molar-refractivity contribution is 0.528. The molecule has 1 aromatic heterocycles. The summed E-state index contributed by atoms with van der Waals surface area (Å²) in [4.78, 5) is 4.15. The maximum absolute atomic E-state index is 8.82. The van der Waals surface area contributed by atoms with Crippen LogP contribution in [0.1, 0.15) is 13.8 Å². The minimum absolute atomic E-state index is 0.378. The number of nitrogens with one attached hydrogen (secondary N) is 1. The number of anilines is 1. The molecule has 0 amide bonds. The zero-order chi connectivity index (χ0) is 10.6. The first-order chi connectivity index (χ1) is 6.55. The molecule has 0 saturated carbocycles. The van der Waals surface area contributed by atoms with Crippen LogP contribution < -0.4 is 5.32 Å². The van der Waals surface area contributed by atoms with Gasteiger partial charge in [0, 0.05) is 12.7 Å². The van der Waals surface area contributed by atoms with Gasteiger partial charge in [-0.25, -0.2) is 4.98 Å². The quantitative estimate of drug-likeness (QED) is 0.902. The van der Waals surface area contributed by atoms with Gasteiger partial charge in [-0.2, -0.15) is 5.26 Å². The fourth-order valence-electron chi connectivity index (χ4n) is 0.860. The fourth-order valence-corrected chi connectivity index (χ4v) is 1.26. The molecule has 74 valence electrons. The number of hydrogen-bond acceptors (Lipinski definition) is 3. The first kappa shape index (κ1) is 11.0. The average molecular weight is 254 g/mol. The highest BCUT2D eigenvalue weighted by atomic mass is 79.9. The van der Waals surface area contributed by atoms with Gasteiger partial charge in [0.15, 0.2) is 0 Å². The van der Waals surface area contributed by atoms with Gasteiger partial charge >= 0.3 is 0 Å². The van der Waals surface area contributed by atoms with Gasteiger partial charge in [-0.1, -0.05) is 0 Å². The van der Waals surface area contributed by atoms with Gasteiger partial charge < -0.3 is 5.32 Å². The van der Waals surface area contributed by atoms with Gasteiger partial charge in [0.2, 0.25) is 0 Å². The van der Waals surface area contributed by atoms with Crippen LogP contribution in [0.5, 0.6) is 0 Å². The van der Waals surface area contributed by atoms with Gasteiger partial charge in [0.25, 0.3) is 0 Å². The van der Waals surface area contributed by atoms with Crippen molar-refractivity contribution >= 4 is 21.7 Å². The lowest BCUT2D eigenvalue weighted by Crippen LogP contribution is -2.21. The number of nitriles is 1. The third kappa shape index (κ3) is 3.00. The van der Waals surface area contributed by atoms with E-state index in [2.05, 4.69) is 32.3 Å². The largest absolute Gasteiger partial charge is 0.368 e. The molecule has 0 aliphatic carbocycles. The van der Waals surface area contributed by atoms with Crippen LogP contribution in [-0.2, 0) is 0 Å². The van der Waals surface area contributed by atoms with Crippen molar-refractivity contribution in [3.8, 4) is 6.07 Å². The van der Waals surface area contributed by atoms with Crippen LogP contribution in [0.15, 0.2) is 22.8 Å². The molecule has 3 nitrogen and oxygen atoms in total. The van der Waals surface area contributed by atoms with Crippen molar-refractivity contribution in [3.05, 3.63) is 22.8 Å². The minimum atomic E-state index is -0.378. The summed E-state index contributed by atoms with van der Waals surface area (Å²) >= 11 is 3.38. The highest BCUT2D eigenvalue weighted by molar-refractivity contribution is 9.10. The van der Waals surface area contributed by atoms with Crippen molar-refractivity contribution in [1.29, 1.82) is 5.26 Å². The maximum atomic E-state index is 8.82. The van der Waals surface area contributed by atoms with Crippen molar-refractivity contribution in [1.82, 2.24) is 4.98 Å². The second-order valence-corrected chi connectivity index (χ2v) is 4.54. The van der Waals surface area contributed by atoms with E-state index in [-0.39, 0.29) is 5.41 Å². The lowest BCUT2D eigenvalue weighted by Gasteiger charge is -2.16. The Hall–Kier alpha value is -1.08. The number of hydrogen-bond donors (Lipinski definition) is 1. The van der Waals surface area contributed by atoms with E-state index in [0.29, 0.717) is 6.54 Å². The van der Waals surface area contributed by atoms with Gasteiger partial charge in [0.05, 0.1) is 16.0 Å². The molecule has 0 fully saturated rings. The first-order valence-corrected chi connectivity index (χ1v) is 5.10. The van der Waals surface area contributed by atoms with E-state index >= 15 is 0 Å². The summed E-state index contributed by atoms with van der Waals surface area (Å²) in [5.41, 5.74) is -0.378. The van der Waals surface area contributed by atoms with Gasteiger partial charge in [-0.3, -0.25) is 0 Å². The van der Waals surface area contributed by atoms with E-state index in [1.165, 1.54) is 0 Å². The van der Waals surface area contributed by atoms with Crippen LogP contribution in [0.25, 0.3) is 0 Å². The Labute approximate surface area is 92.3 Å². The van der Waals surface area contributed by atoms with Gasteiger partial charge in [0.1, 0.15) is 5.82 Å². The minimum Gasteiger partial charge on any atom is -0.368 e. The van der Waals surface area contributed by atoms with Crippen molar-refractivity contribution in [2.45, 2.75) is 13.8 Å². The summed E-state index contributed by atoms with van der Waals surface area (Å²) in [5.74, 6) is 0.774. The Balaban J connectivity index is 2.64. The normalized spacial score (nSPS) is 10.7. The summed E-state index contributed by atoms with van der Waals surface area (Å²) in [6.45, 7) is 4.35. The second-order valence-electron chi connectivity index (χ2n) is 3.68. The fraction of sp³-hybridized carbons (Fsp3) is 0.400. The molecule has 0 saturated heterocycles. The van der Waals surface area contributed by atoms with Crippen LogP contribution in [0.2, 0.25) is 0 Å². The number of halogens is 1. The molecule has 0 bridgehead atoms. The zero-order valence-corrected chi connectivity index (χ0v) is 9.80. The Kier molecular flexibility index (Phi) is 3.48. The van der Waals surface area contributed by atoms with E-state index in [1.807, 2.05) is 26.0 Å². The number of aromatic nitrogens is 1. The van der Waals surface area contributed by atoms with Gasteiger partial charge in [-0.05, 0) is 41.9 Å². The molecule has 0 aromatic carbocycles. The molecule has 1 heterocycles. The van der Waals surface area contributed by atoms with Crippen LogP contribution in [0.3, 0.4) is 0 Å². The Morgan fingerprint density at radius 3 is 2.93 bits per heavy atom. The summed E-state index contributed by atoms with van der Waals surface area (Å²) in [5, 5.41) is 11.9. The topological polar surface area (TPSA) is 48.7 Å². The summed E-state index contributed by atoms with van der Waals surface area (Å²) < 4.78 is 0.911. The predicted molar refractivity (Wildman–Crippen MR) is 59.8 cm³/mol. The van der Waals surface area contributed by atoms with Crippen molar-refractivity contribution in [2.24, 2.45) is 5.41 Å². The smallest absolute Gasteiger partial charge is 0.140 e. The highest BCUT2D eigenvalue weighted by Crippen LogP contribution is 2.20. The number of rotatable bonds is 3. The lowest BCUT2D eigenvalue weighted by atomic mass is 9.96. The Bertz CT molecular complexity index is 355. The Morgan fingerprint density at radius 2 is 2.36 bits per heavy atom. The molecule has 0 aliphatic rings. The molecule has 1 N–H and O–H groups in total. The molecule has 0 atom stereocenters. The van der Waals surface area contributed by atoms with E-state index in [9.17, 15) is 0 Å². The highest BCUT2D eigenvalue weighted by Gasteiger charge is 2.16. The number of pyridine rings is 1. The monoisotopic (exact) mass is 253 g/mol. The van der Waals surface area contributed by atoms with Crippen LogP contribution >= 0.6 is 15.9 Å². The van der Waals surface area contributed by atoms with Crippen molar-refractivity contribution in [2.75, 3.05) is 11.9 Å². The van der Waals surface area contributed by atoms with Gasteiger partial charge in [-0.15, -0.1) is 0 Å². The molecular weight excluding hydrogens is 242 g/mol. The van der Waals surface area contributed by atoms with Crippen LogP contribution in [-0.4, -0.2) is 11.5 Å². The molecule has 1 rings (SSSR count). The molecule has 1 aromatic rings. The third-order valence-corrected chi connectivity index (χ3v) is 2.40. The molecule has 4 heteroatoms. The summed E-state index contributed by atoms with van der Waals surface area (Å²) in [7, 11) is 0. The third-order valence-electron chi connectivity index (χ3n) is 1.76. The predicted octanol–water partition coefficient (Wildman–Crippen LogP) is 2.81. The first-order valence-electron chi connectivity index (χ1n) is 4.31. The van der Waals surface area contributed by atoms with E-state index in [0.717, 1.165) is 10.3 Å². The van der Waals surface area contributed by atoms with Crippen molar-refractivity contribution < 1.29 is 0 Å². The molecule has 0 unspecified atom stereocenters. The zero-order valence-electron chi connectivity index (χ0n) is 8.21. The molecule has 14 heavy (non-hydrogen) atoms. The van der Waals surface area contributed by atoms with E-state index < -0.39 is 0 Å². The standard InChI is InChI=1S/C10H12BrN3/c1-10(2,6-12)7-14-9-8(11)4-3-5-13-9/h3-5H,7H2,1-2H3,(H,13,14). The van der Waals surface area contributed by atoms with E-state index in [4.69, 9.17) is 5.26 Å². The Morgan fingerprint density at radius 1 is 1.64 bits per heavy atom. The molecular formula is C10H12BrN3. The van der Waals surface area contributed by atoms with Crippen LogP contribution in [0.4, 0.5) is 5.82 Å². The maximum Gasteiger partial charge on any atom is 0.140 e. The van der Waals surface area contributed by atoms with Crippen molar-refractivity contribution in [3.63, 3.8) is 0 Å². The average Bonchev–Trinajstić information content (AvgIpc) is 2.17. The SMILES string of the molecule is CC(C)(C#N)CNc1ncccc1Br. The van der Waals surface area contributed by atoms with E-state index in [1.54, 1.807) is 6.20 Å². The second kappa shape index (κ2) is 4.43. The van der Waals surface area contributed by atoms with Crippen LogP contribution in [0, 0.1) is 16.7 Å².